The van der Waals surface area contributed by atoms with Crippen LogP contribution in [0, 0.1) is 13.8 Å². The average Bonchev–Trinajstić information content (AvgIpc) is 2.22. The minimum absolute atomic E-state index is 0.382. The Balaban J connectivity index is 3.04. The van der Waals surface area contributed by atoms with E-state index in [1.54, 1.807) is 18.3 Å². The molecular weight excluding hydrogens is 222 g/mol. The predicted octanol–water partition coefficient (Wildman–Crippen LogP) is 2.26. The molecule has 0 aliphatic rings. The Morgan fingerprint density at radius 3 is 2.50 bits per heavy atom. The average molecular weight is 235 g/mol. The van der Waals surface area contributed by atoms with Gasteiger partial charge < -0.3 is 0 Å². The van der Waals surface area contributed by atoms with Gasteiger partial charge in [0.25, 0.3) is 0 Å². The van der Waals surface area contributed by atoms with Gasteiger partial charge in [0.2, 0.25) is 0 Å². The van der Waals surface area contributed by atoms with E-state index in [4.69, 9.17) is 0 Å². The molecule has 0 aliphatic carbocycles. The zero-order chi connectivity index (χ0) is 11.9. The Morgan fingerprint density at radius 2 is 1.88 bits per heavy atom. The molecule has 0 saturated heterocycles. The molecule has 1 aromatic carbocycles. The Morgan fingerprint density at radius 1 is 1.19 bits per heavy atom. The largest absolute Gasteiger partial charge is 0.261 e. The predicted molar refractivity (Wildman–Crippen MR) is 64.3 cm³/mol. The summed E-state index contributed by atoms with van der Waals surface area (Å²) in [4.78, 5) is 4.62. The highest BCUT2D eigenvalue weighted by Gasteiger charge is 2.14. The molecule has 0 saturated carbocycles. The molecule has 16 heavy (non-hydrogen) atoms. The monoisotopic (exact) mass is 235 g/mol. The number of aryl methyl sites for hydroxylation is 2. The normalized spacial score (nSPS) is 11.9. The molecule has 0 fully saturated rings. The lowest BCUT2D eigenvalue weighted by Gasteiger charge is -2.09. The number of fused-ring (bicyclic) bond motifs is 1. The molecule has 0 unspecified atom stereocenters. The molecule has 0 amide bonds. The summed E-state index contributed by atoms with van der Waals surface area (Å²) in [7, 11) is -3.20. The Bertz CT molecular complexity index is 660. The molecule has 84 valence electrons. The summed E-state index contributed by atoms with van der Waals surface area (Å²) < 4.78 is 23.4. The number of hydrogen-bond donors (Lipinski definition) is 0. The van der Waals surface area contributed by atoms with Crippen molar-refractivity contribution in [2.75, 3.05) is 6.26 Å². The summed E-state index contributed by atoms with van der Waals surface area (Å²) in [6.45, 7) is 3.76. The number of sulfone groups is 1. The second-order valence-corrected chi connectivity index (χ2v) is 5.96. The van der Waals surface area contributed by atoms with E-state index in [0.717, 1.165) is 22.0 Å². The minimum atomic E-state index is -3.20. The fourth-order valence-electron chi connectivity index (χ4n) is 1.88. The minimum Gasteiger partial charge on any atom is -0.261 e. The molecule has 4 heteroatoms. The molecule has 1 aromatic heterocycles. The van der Waals surface area contributed by atoms with Crippen LogP contribution < -0.4 is 0 Å². The van der Waals surface area contributed by atoms with E-state index in [0.29, 0.717) is 4.90 Å². The molecule has 1 heterocycles. The first-order chi connectivity index (χ1) is 7.41. The first kappa shape index (κ1) is 11.1. The van der Waals surface area contributed by atoms with Crippen LogP contribution in [-0.2, 0) is 9.84 Å². The zero-order valence-corrected chi connectivity index (χ0v) is 10.3. The van der Waals surface area contributed by atoms with Crippen LogP contribution in [0.2, 0.25) is 0 Å². The van der Waals surface area contributed by atoms with Gasteiger partial charge in [-0.3, -0.25) is 4.98 Å². The van der Waals surface area contributed by atoms with Crippen LogP contribution in [-0.4, -0.2) is 19.7 Å². The van der Waals surface area contributed by atoms with Gasteiger partial charge in [-0.05, 0) is 25.5 Å². The van der Waals surface area contributed by atoms with Crippen LogP contribution in [0.25, 0.3) is 10.8 Å². The van der Waals surface area contributed by atoms with Crippen molar-refractivity contribution in [3.63, 3.8) is 0 Å². The van der Waals surface area contributed by atoms with Gasteiger partial charge in [-0.25, -0.2) is 8.42 Å². The van der Waals surface area contributed by atoms with Gasteiger partial charge in [-0.15, -0.1) is 0 Å². The quantitative estimate of drug-likeness (QED) is 0.761. The molecule has 2 rings (SSSR count). The van der Waals surface area contributed by atoms with Crippen LogP contribution in [0.4, 0.5) is 0 Å². The van der Waals surface area contributed by atoms with Crippen molar-refractivity contribution in [3.05, 3.63) is 35.7 Å². The lowest BCUT2D eigenvalue weighted by Crippen LogP contribution is -2.00. The third-order valence-corrected chi connectivity index (χ3v) is 3.80. The zero-order valence-electron chi connectivity index (χ0n) is 9.48. The van der Waals surface area contributed by atoms with Crippen molar-refractivity contribution in [1.29, 1.82) is 0 Å². The molecule has 0 atom stereocenters. The Kier molecular flexibility index (Phi) is 2.46. The number of aromatic nitrogens is 1. The summed E-state index contributed by atoms with van der Waals surface area (Å²) >= 11 is 0. The second kappa shape index (κ2) is 3.56. The fourth-order valence-corrected chi connectivity index (χ4v) is 2.84. The van der Waals surface area contributed by atoms with Crippen LogP contribution in [0.1, 0.15) is 11.3 Å². The fraction of sp³-hybridized carbons (Fsp3) is 0.250. The van der Waals surface area contributed by atoms with E-state index in [-0.39, 0.29) is 0 Å². The topological polar surface area (TPSA) is 47.0 Å². The highest BCUT2D eigenvalue weighted by atomic mass is 32.2. The number of benzene rings is 1. The van der Waals surface area contributed by atoms with Gasteiger partial charge in [0.1, 0.15) is 0 Å². The van der Waals surface area contributed by atoms with E-state index >= 15 is 0 Å². The summed E-state index contributed by atoms with van der Waals surface area (Å²) in [6, 6.07) is 5.30. The van der Waals surface area contributed by atoms with Crippen molar-refractivity contribution >= 4 is 20.6 Å². The first-order valence-electron chi connectivity index (χ1n) is 4.96. The highest BCUT2D eigenvalue weighted by Crippen LogP contribution is 2.27. The van der Waals surface area contributed by atoms with Crippen molar-refractivity contribution < 1.29 is 8.42 Å². The molecule has 0 bridgehead atoms. The van der Waals surface area contributed by atoms with Crippen molar-refractivity contribution in [3.8, 4) is 0 Å². The van der Waals surface area contributed by atoms with E-state index < -0.39 is 9.84 Å². The molecule has 0 aliphatic heterocycles. The van der Waals surface area contributed by atoms with Gasteiger partial charge in [0, 0.05) is 28.9 Å². The van der Waals surface area contributed by atoms with E-state index in [9.17, 15) is 8.42 Å². The highest BCUT2D eigenvalue weighted by molar-refractivity contribution is 7.91. The maximum Gasteiger partial charge on any atom is 0.176 e. The standard InChI is InChI=1S/C12H13NO2S/c1-8-7-13-9(2)10-5-4-6-11(12(8)10)16(3,14)15/h4-7H,1-3H3. The molecule has 0 N–H and O–H groups in total. The SMILES string of the molecule is Cc1ncc(C)c2c(S(C)(=O)=O)cccc12. The summed E-state index contributed by atoms with van der Waals surface area (Å²) in [5.41, 5.74) is 1.74. The maximum atomic E-state index is 11.7. The van der Waals surface area contributed by atoms with Crippen molar-refractivity contribution in [2.24, 2.45) is 0 Å². The molecule has 3 nitrogen and oxygen atoms in total. The summed E-state index contributed by atoms with van der Waals surface area (Å²) in [5, 5.41) is 1.69. The first-order valence-corrected chi connectivity index (χ1v) is 6.85. The smallest absolute Gasteiger partial charge is 0.176 e. The lowest BCUT2D eigenvalue weighted by atomic mass is 10.1. The second-order valence-electron chi connectivity index (χ2n) is 3.98. The number of hydrogen-bond acceptors (Lipinski definition) is 3. The van der Waals surface area contributed by atoms with E-state index in [1.807, 2.05) is 19.9 Å². The van der Waals surface area contributed by atoms with Gasteiger partial charge in [-0.2, -0.15) is 0 Å². The van der Waals surface area contributed by atoms with Crippen molar-refractivity contribution in [2.45, 2.75) is 18.7 Å². The molecular formula is C12H13NO2S. The van der Waals surface area contributed by atoms with Crippen LogP contribution in [0.15, 0.2) is 29.3 Å². The number of pyridine rings is 1. The molecule has 0 spiro atoms. The summed E-state index contributed by atoms with van der Waals surface area (Å²) in [5.74, 6) is 0. The van der Waals surface area contributed by atoms with E-state index in [1.165, 1.54) is 6.26 Å². The van der Waals surface area contributed by atoms with E-state index in [2.05, 4.69) is 4.98 Å². The van der Waals surface area contributed by atoms with Gasteiger partial charge in [0.15, 0.2) is 9.84 Å². The third kappa shape index (κ3) is 1.69. The van der Waals surface area contributed by atoms with Crippen LogP contribution >= 0.6 is 0 Å². The van der Waals surface area contributed by atoms with Gasteiger partial charge in [0.05, 0.1) is 4.90 Å². The third-order valence-electron chi connectivity index (χ3n) is 2.66. The number of nitrogens with zero attached hydrogens (tertiary/aromatic N) is 1. The Labute approximate surface area is 95.1 Å². The maximum absolute atomic E-state index is 11.7. The van der Waals surface area contributed by atoms with Gasteiger partial charge >= 0.3 is 0 Å². The lowest BCUT2D eigenvalue weighted by molar-refractivity contribution is 0.602. The summed E-state index contributed by atoms with van der Waals surface area (Å²) in [6.07, 6.45) is 2.95. The van der Waals surface area contributed by atoms with Crippen molar-refractivity contribution in [1.82, 2.24) is 4.98 Å². The van der Waals surface area contributed by atoms with Crippen LogP contribution in [0.5, 0.6) is 0 Å². The molecule has 0 radical (unpaired) electrons. The Hall–Kier alpha value is -1.42. The molecule has 2 aromatic rings. The van der Waals surface area contributed by atoms with Crippen LogP contribution in [0.3, 0.4) is 0 Å². The van der Waals surface area contributed by atoms with Gasteiger partial charge in [-0.1, -0.05) is 12.1 Å². The number of rotatable bonds is 1.